The van der Waals surface area contributed by atoms with E-state index in [1.165, 1.54) is 0 Å². The van der Waals surface area contributed by atoms with Gasteiger partial charge in [0.25, 0.3) is 0 Å². The summed E-state index contributed by atoms with van der Waals surface area (Å²) in [4.78, 5) is 23.9. The van der Waals surface area contributed by atoms with E-state index < -0.39 is 5.97 Å². The number of fused-ring (bicyclic) bond motifs is 1. The first-order chi connectivity index (χ1) is 9.45. The molecule has 0 aromatic heterocycles. The van der Waals surface area contributed by atoms with Crippen LogP contribution in [0.5, 0.6) is 0 Å². The van der Waals surface area contributed by atoms with E-state index in [4.69, 9.17) is 28.3 Å². The fourth-order valence-corrected chi connectivity index (χ4v) is 2.80. The average Bonchev–Trinajstić information content (AvgIpc) is 2.37. The first-order valence-corrected chi connectivity index (χ1v) is 6.89. The molecule has 1 aliphatic rings. The molecule has 0 saturated heterocycles. The summed E-state index contributed by atoms with van der Waals surface area (Å²) >= 11 is 12.1. The SMILES string of the molecule is O=C(O)CNC(=O)CN1CCc2cc(Cl)cc(Cl)c2C1. The molecule has 0 radical (unpaired) electrons. The van der Waals surface area contributed by atoms with Crippen molar-refractivity contribution in [2.24, 2.45) is 0 Å². The van der Waals surface area contributed by atoms with Gasteiger partial charge in [0, 0.05) is 23.1 Å². The average molecular weight is 317 g/mol. The Balaban J connectivity index is 1.97. The molecular formula is C13H14Cl2N2O3. The Morgan fingerprint density at radius 1 is 1.35 bits per heavy atom. The largest absolute Gasteiger partial charge is 0.480 e. The standard InChI is InChI=1S/C13H14Cl2N2O3/c14-9-3-8-1-2-17(6-10(8)11(15)4-9)7-12(18)16-5-13(19)20/h3-4H,1-2,5-7H2,(H,16,18)(H,19,20). The van der Waals surface area contributed by atoms with Gasteiger partial charge >= 0.3 is 5.97 Å². The topological polar surface area (TPSA) is 69.6 Å². The Hall–Kier alpha value is -1.30. The summed E-state index contributed by atoms with van der Waals surface area (Å²) in [5.41, 5.74) is 2.08. The summed E-state index contributed by atoms with van der Waals surface area (Å²) < 4.78 is 0. The number of carbonyl (C=O) groups is 2. The van der Waals surface area contributed by atoms with Crippen LogP contribution in [0.4, 0.5) is 0 Å². The van der Waals surface area contributed by atoms with Gasteiger partial charge in [-0.25, -0.2) is 0 Å². The summed E-state index contributed by atoms with van der Waals surface area (Å²) in [7, 11) is 0. The number of benzene rings is 1. The molecule has 0 bridgehead atoms. The Labute approximate surface area is 126 Å². The molecule has 0 fully saturated rings. The van der Waals surface area contributed by atoms with Gasteiger partial charge in [-0.3, -0.25) is 14.5 Å². The van der Waals surface area contributed by atoms with Crippen molar-refractivity contribution in [2.75, 3.05) is 19.6 Å². The van der Waals surface area contributed by atoms with Crippen LogP contribution in [0.15, 0.2) is 12.1 Å². The molecule has 1 aromatic carbocycles. The maximum Gasteiger partial charge on any atom is 0.322 e. The molecular weight excluding hydrogens is 303 g/mol. The zero-order valence-corrected chi connectivity index (χ0v) is 12.2. The van der Waals surface area contributed by atoms with Gasteiger partial charge in [-0.05, 0) is 29.7 Å². The highest BCUT2D eigenvalue weighted by atomic mass is 35.5. The van der Waals surface area contributed by atoms with E-state index in [9.17, 15) is 9.59 Å². The summed E-state index contributed by atoms with van der Waals surface area (Å²) in [5, 5.41) is 12.1. The van der Waals surface area contributed by atoms with Gasteiger partial charge in [-0.2, -0.15) is 0 Å². The first-order valence-electron chi connectivity index (χ1n) is 6.13. The summed E-state index contributed by atoms with van der Waals surface area (Å²) in [5.74, 6) is -1.36. The molecule has 1 aromatic rings. The van der Waals surface area contributed by atoms with Crippen molar-refractivity contribution >= 4 is 35.1 Å². The van der Waals surface area contributed by atoms with Crippen LogP contribution in [0.2, 0.25) is 10.0 Å². The highest BCUT2D eigenvalue weighted by molar-refractivity contribution is 6.35. The highest BCUT2D eigenvalue weighted by Crippen LogP contribution is 2.29. The van der Waals surface area contributed by atoms with E-state index in [1.54, 1.807) is 6.07 Å². The van der Waals surface area contributed by atoms with Crippen molar-refractivity contribution in [3.63, 3.8) is 0 Å². The minimum atomic E-state index is -1.06. The lowest BCUT2D eigenvalue weighted by Gasteiger charge is -2.28. The molecule has 7 heteroatoms. The van der Waals surface area contributed by atoms with Crippen LogP contribution in [0.1, 0.15) is 11.1 Å². The van der Waals surface area contributed by atoms with Crippen LogP contribution in [0.25, 0.3) is 0 Å². The van der Waals surface area contributed by atoms with Gasteiger partial charge in [0.2, 0.25) is 5.91 Å². The molecule has 0 atom stereocenters. The number of hydrogen-bond donors (Lipinski definition) is 2. The fraction of sp³-hybridized carbons (Fsp3) is 0.385. The maximum absolute atomic E-state index is 11.6. The second-order valence-electron chi connectivity index (χ2n) is 4.66. The van der Waals surface area contributed by atoms with E-state index in [1.807, 2.05) is 11.0 Å². The van der Waals surface area contributed by atoms with Crippen LogP contribution >= 0.6 is 23.2 Å². The number of nitrogens with one attached hydrogen (secondary N) is 1. The van der Waals surface area contributed by atoms with Crippen molar-refractivity contribution in [2.45, 2.75) is 13.0 Å². The fourth-order valence-electron chi connectivity index (χ4n) is 2.21. The van der Waals surface area contributed by atoms with Crippen LogP contribution < -0.4 is 5.32 Å². The monoisotopic (exact) mass is 316 g/mol. The normalized spacial score (nSPS) is 14.7. The number of nitrogens with zero attached hydrogens (tertiary/aromatic N) is 1. The molecule has 0 unspecified atom stereocenters. The Kier molecular flexibility index (Phi) is 4.86. The minimum absolute atomic E-state index is 0.158. The van der Waals surface area contributed by atoms with Gasteiger partial charge in [0.1, 0.15) is 6.54 Å². The molecule has 108 valence electrons. The third kappa shape index (κ3) is 3.85. The van der Waals surface area contributed by atoms with Crippen molar-refractivity contribution < 1.29 is 14.7 Å². The van der Waals surface area contributed by atoms with E-state index in [0.717, 1.165) is 17.5 Å². The number of carboxylic acid groups (broad SMARTS) is 1. The molecule has 1 amide bonds. The molecule has 0 saturated carbocycles. The molecule has 1 aliphatic heterocycles. The van der Waals surface area contributed by atoms with Crippen molar-refractivity contribution in [1.82, 2.24) is 10.2 Å². The Morgan fingerprint density at radius 2 is 2.10 bits per heavy atom. The van der Waals surface area contributed by atoms with Crippen LogP contribution in [-0.2, 0) is 22.6 Å². The van der Waals surface area contributed by atoms with Crippen molar-refractivity contribution in [1.29, 1.82) is 0 Å². The second-order valence-corrected chi connectivity index (χ2v) is 5.50. The quantitative estimate of drug-likeness (QED) is 0.884. The smallest absolute Gasteiger partial charge is 0.322 e. The molecule has 5 nitrogen and oxygen atoms in total. The van der Waals surface area contributed by atoms with Gasteiger partial charge in [0.15, 0.2) is 0 Å². The number of aliphatic carboxylic acids is 1. The first kappa shape index (κ1) is 15.1. The third-order valence-electron chi connectivity index (χ3n) is 3.14. The number of carbonyl (C=O) groups excluding carboxylic acids is 1. The summed E-state index contributed by atoms with van der Waals surface area (Å²) in [6, 6.07) is 3.58. The lowest BCUT2D eigenvalue weighted by atomic mass is 10.00. The lowest BCUT2D eigenvalue weighted by Crippen LogP contribution is -2.41. The predicted molar refractivity (Wildman–Crippen MR) is 76.1 cm³/mol. The molecule has 0 spiro atoms. The number of hydrogen-bond acceptors (Lipinski definition) is 3. The summed E-state index contributed by atoms with van der Waals surface area (Å²) in [6.07, 6.45) is 0.766. The predicted octanol–water partition coefficient (Wildman–Crippen LogP) is 1.55. The summed E-state index contributed by atoms with van der Waals surface area (Å²) in [6.45, 7) is 1.07. The van der Waals surface area contributed by atoms with E-state index in [-0.39, 0.29) is 19.0 Å². The number of halogens is 2. The van der Waals surface area contributed by atoms with Crippen LogP contribution in [0, 0.1) is 0 Å². The third-order valence-corrected chi connectivity index (χ3v) is 3.69. The molecule has 2 rings (SSSR count). The highest BCUT2D eigenvalue weighted by Gasteiger charge is 2.21. The van der Waals surface area contributed by atoms with Crippen molar-refractivity contribution in [3.05, 3.63) is 33.3 Å². The molecule has 2 N–H and O–H groups in total. The zero-order valence-electron chi connectivity index (χ0n) is 10.7. The van der Waals surface area contributed by atoms with Gasteiger partial charge in [-0.15, -0.1) is 0 Å². The van der Waals surface area contributed by atoms with Crippen LogP contribution in [-0.4, -0.2) is 41.5 Å². The van der Waals surface area contributed by atoms with E-state index >= 15 is 0 Å². The van der Waals surface area contributed by atoms with E-state index in [0.29, 0.717) is 23.1 Å². The lowest BCUT2D eigenvalue weighted by molar-refractivity contribution is -0.138. The second kappa shape index (κ2) is 6.43. The maximum atomic E-state index is 11.6. The molecule has 20 heavy (non-hydrogen) atoms. The van der Waals surface area contributed by atoms with Gasteiger partial charge in [-0.1, -0.05) is 23.2 Å². The zero-order chi connectivity index (χ0) is 14.7. The Morgan fingerprint density at radius 3 is 2.80 bits per heavy atom. The van der Waals surface area contributed by atoms with Gasteiger partial charge < -0.3 is 10.4 Å². The molecule has 0 aliphatic carbocycles. The number of amides is 1. The minimum Gasteiger partial charge on any atom is -0.480 e. The van der Waals surface area contributed by atoms with Gasteiger partial charge in [0.05, 0.1) is 6.54 Å². The van der Waals surface area contributed by atoms with Crippen molar-refractivity contribution in [3.8, 4) is 0 Å². The number of rotatable bonds is 4. The Bertz CT molecular complexity index is 549. The van der Waals surface area contributed by atoms with Crippen LogP contribution in [0.3, 0.4) is 0 Å². The molecule has 1 heterocycles. The van der Waals surface area contributed by atoms with E-state index in [2.05, 4.69) is 5.32 Å². The number of carboxylic acids is 1.